The number of hydrogen-bond acceptors (Lipinski definition) is 3. The molecule has 2 aromatic carbocycles. The van der Waals surface area contributed by atoms with Crippen molar-refractivity contribution in [2.24, 2.45) is 0 Å². The Kier molecular flexibility index (Phi) is 6.42. The zero-order valence-electron chi connectivity index (χ0n) is 14.2. The average molecular weight is 385 g/mol. The Balaban J connectivity index is 2.04. The minimum Gasteiger partial charge on any atom is -0.406 e. The molecule has 0 N–H and O–H groups in total. The fraction of sp³-hybridized carbons (Fsp3) is 0.278. The Hall–Kier alpha value is -2.35. The SMILES string of the molecule is CN(Cc1ccc(OC(F)(F)F)cc1)C(=O)c1cccc(CS(C)=O)c1. The summed E-state index contributed by atoms with van der Waals surface area (Å²) in [4.78, 5) is 14.0. The van der Waals surface area contributed by atoms with Crippen molar-refractivity contribution >= 4 is 16.7 Å². The van der Waals surface area contributed by atoms with E-state index in [1.54, 1.807) is 37.6 Å². The van der Waals surface area contributed by atoms with Gasteiger partial charge in [-0.2, -0.15) is 0 Å². The topological polar surface area (TPSA) is 46.6 Å². The average Bonchev–Trinajstić information content (AvgIpc) is 2.54. The molecule has 8 heteroatoms. The van der Waals surface area contributed by atoms with Gasteiger partial charge >= 0.3 is 6.36 Å². The van der Waals surface area contributed by atoms with Crippen LogP contribution in [0.1, 0.15) is 21.5 Å². The van der Waals surface area contributed by atoms with Crippen molar-refractivity contribution in [2.75, 3.05) is 13.3 Å². The number of nitrogens with zero attached hydrogens (tertiary/aromatic N) is 1. The number of benzene rings is 2. The van der Waals surface area contributed by atoms with E-state index in [1.807, 2.05) is 0 Å². The van der Waals surface area contributed by atoms with Gasteiger partial charge in [0.1, 0.15) is 5.75 Å². The molecule has 0 spiro atoms. The van der Waals surface area contributed by atoms with Crippen molar-refractivity contribution in [3.8, 4) is 5.75 Å². The molecule has 0 saturated heterocycles. The van der Waals surface area contributed by atoms with E-state index in [1.165, 1.54) is 29.2 Å². The molecule has 1 amide bonds. The van der Waals surface area contributed by atoms with E-state index in [4.69, 9.17) is 0 Å². The van der Waals surface area contributed by atoms with Crippen molar-refractivity contribution in [3.05, 3.63) is 65.2 Å². The summed E-state index contributed by atoms with van der Waals surface area (Å²) in [5, 5.41) is 0. The van der Waals surface area contributed by atoms with Crippen molar-refractivity contribution in [1.82, 2.24) is 4.90 Å². The van der Waals surface area contributed by atoms with Crippen LogP contribution in [0.4, 0.5) is 13.2 Å². The zero-order chi connectivity index (χ0) is 19.3. The summed E-state index contributed by atoms with van der Waals surface area (Å²) in [7, 11) is 0.597. The lowest BCUT2D eigenvalue weighted by molar-refractivity contribution is -0.274. The number of halogens is 3. The smallest absolute Gasteiger partial charge is 0.406 e. The molecule has 4 nitrogen and oxygen atoms in total. The number of carbonyl (C=O) groups excluding carboxylic acids is 1. The number of rotatable bonds is 6. The monoisotopic (exact) mass is 385 g/mol. The first-order chi connectivity index (χ1) is 12.1. The van der Waals surface area contributed by atoms with Crippen LogP contribution < -0.4 is 4.74 Å². The van der Waals surface area contributed by atoms with E-state index in [0.29, 0.717) is 16.9 Å². The molecule has 0 aliphatic rings. The molecule has 0 radical (unpaired) electrons. The van der Waals surface area contributed by atoms with Crippen molar-refractivity contribution in [1.29, 1.82) is 0 Å². The highest BCUT2D eigenvalue weighted by Crippen LogP contribution is 2.23. The molecule has 140 valence electrons. The lowest BCUT2D eigenvalue weighted by Crippen LogP contribution is -2.26. The quantitative estimate of drug-likeness (QED) is 0.761. The maximum Gasteiger partial charge on any atom is 0.573 e. The molecule has 2 aromatic rings. The van der Waals surface area contributed by atoms with E-state index in [9.17, 15) is 22.2 Å². The Morgan fingerprint density at radius 1 is 1.12 bits per heavy atom. The highest BCUT2D eigenvalue weighted by molar-refractivity contribution is 7.83. The summed E-state index contributed by atoms with van der Waals surface area (Å²) in [6.07, 6.45) is -3.14. The molecule has 26 heavy (non-hydrogen) atoms. The number of carbonyl (C=O) groups is 1. The van der Waals surface area contributed by atoms with Crippen LogP contribution in [0.2, 0.25) is 0 Å². The predicted molar refractivity (Wildman–Crippen MR) is 93.1 cm³/mol. The van der Waals surface area contributed by atoms with E-state index in [2.05, 4.69) is 4.74 Å². The molecule has 0 aliphatic carbocycles. The summed E-state index contributed by atoms with van der Waals surface area (Å²) in [5.41, 5.74) is 1.94. The maximum atomic E-state index is 12.5. The van der Waals surface area contributed by atoms with Gasteiger partial charge in [0.2, 0.25) is 0 Å². The highest BCUT2D eigenvalue weighted by Gasteiger charge is 2.30. The van der Waals surface area contributed by atoms with Crippen LogP contribution in [0.3, 0.4) is 0 Å². The normalized spacial score (nSPS) is 12.5. The summed E-state index contributed by atoms with van der Waals surface area (Å²) in [5.74, 6) is -0.175. The molecule has 0 aliphatic heterocycles. The fourth-order valence-corrected chi connectivity index (χ4v) is 3.04. The van der Waals surface area contributed by atoms with Crippen molar-refractivity contribution < 1.29 is 26.9 Å². The standard InChI is InChI=1S/C18H18F3NO3S/c1-22(11-13-6-8-16(9-7-13)25-18(19,20)21)17(23)15-5-3-4-14(10-15)12-26(2)24/h3-10H,11-12H2,1-2H3. The molecule has 0 fully saturated rings. The van der Waals surface area contributed by atoms with Gasteiger partial charge in [-0.3, -0.25) is 9.00 Å². The third-order valence-electron chi connectivity index (χ3n) is 3.47. The summed E-state index contributed by atoms with van der Waals surface area (Å²) < 4.78 is 51.6. The van der Waals surface area contributed by atoms with Crippen molar-refractivity contribution in [2.45, 2.75) is 18.7 Å². The van der Waals surface area contributed by atoms with Crippen LogP contribution in [0.25, 0.3) is 0 Å². The molecular weight excluding hydrogens is 367 g/mol. The van der Waals surface area contributed by atoms with Crippen LogP contribution in [-0.2, 0) is 23.1 Å². The molecule has 2 rings (SSSR count). The lowest BCUT2D eigenvalue weighted by atomic mass is 10.1. The maximum absolute atomic E-state index is 12.5. The van der Waals surface area contributed by atoms with Gasteiger partial charge in [-0.15, -0.1) is 13.2 Å². The molecule has 0 aromatic heterocycles. The predicted octanol–water partition coefficient (Wildman–Crippen LogP) is 3.74. The third-order valence-corrected chi connectivity index (χ3v) is 4.21. The van der Waals surface area contributed by atoms with Crippen LogP contribution >= 0.6 is 0 Å². The van der Waals surface area contributed by atoms with Gasteiger partial charge in [0.25, 0.3) is 5.91 Å². The first-order valence-corrected chi connectivity index (χ1v) is 9.36. The Morgan fingerprint density at radius 2 is 1.77 bits per heavy atom. The molecule has 1 unspecified atom stereocenters. The molecule has 0 heterocycles. The van der Waals surface area contributed by atoms with Gasteiger partial charge in [-0.25, -0.2) is 0 Å². The van der Waals surface area contributed by atoms with Gasteiger partial charge in [-0.1, -0.05) is 24.3 Å². The Morgan fingerprint density at radius 3 is 2.35 bits per heavy atom. The summed E-state index contributed by atoms with van der Waals surface area (Å²) in [6, 6.07) is 12.3. The number of alkyl halides is 3. The summed E-state index contributed by atoms with van der Waals surface area (Å²) in [6.45, 7) is 0.231. The second-order valence-corrected chi connectivity index (χ2v) is 7.21. The number of ether oxygens (including phenoxy) is 1. The van der Waals surface area contributed by atoms with Gasteiger partial charge < -0.3 is 9.64 Å². The lowest BCUT2D eigenvalue weighted by Gasteiger charge is -2.18. The van der Waals surface area contributed by atoms with Crippen LogP contribution in [0, 0.1) is 0 Å². The summed E-state index contributed by atoms with van der Waals surface area (Å²) >= 11 is 0. The Bertz CT molecular complexity index is 791. The molecule has 0 saturated carbocycles. The fourth-order valence-electron chi connectivity index (χ4n) is 2.39. The minimum atomic E-state index is -4.73. The minimum absolute atomic E-state index is 0.231. The van der Waals surface area contributed by atoms with Crippen LogP contribution in [-0.4, -0.2) is 34.7 Å². The first kappa shape index (κ1) is 20.0. The molecule has 0 bridgehead atoms. The second kappa shape index (κ2) is 8.35. The van der Waals surface area contributed by atoms with Gasteiger partial charge in [0.05, 0.1) is 0 Å². The third kappa shape index (κ3) is 6.18. The number of amides is 1. The molecular formula is C18H18F3NO3S. The van der Waals surface area contributed by atoms with Gasteiger partial charge in [0.15, 0.2) is 0 Å². The van der Waals surface area contributed by atoms with E-state index in [0.717, 1.165) is 5.56 Å². The van der Waals surface area contributed by atoms with E-state index < -0.39 is 17.2 Å². The molecule has 1 atom stereocenters. The highest BCUT2D eigenvalue weighted by atomic mass is 32.2. The van der Waals surface area contributed by atoms with Gasteiger partial charge in [-0.05, 0) is 35.4 Å². The first-order valence-electron chi connectivity index (χ1n) is 7.63. The van der Waals surface area contributed by atoms with E-state index >= 15 is 0 Å². The zero-order valence-corrected chi connectivity index (χ0v) is 15.1. The van der Waals surface area contributed by atoms with Crippen molar-refractivity contribution in [3.63, 3.8) is 0 Å². The Labute approximate surface area is 152 Å². The number of hydrogen-bond donors (Lipinski definition) is 0. The largest absolute Gasteiger partial charge is 0.573 e. The van der Waals surface area contributed by atoms with Crippen LogP contribution in [0.15, 0.2) is 48.5 Å². The van der Waals surface area contributed by atoms with Gasteiger partial charge in [0, 0.05) is 42.0 Å². The van der Waals surface area contributed by atoms with Crippen LogP contribution in [0.5, 0.6) is 5.75 Å². The second-order valence-electron chi connectivity index (χ2n) is 5.77. The van der Waals surface area contributed by atoms with E-state index in [-0.39, 0.29) is 18.2 Å².